The zero-order valence-corrected chi connectivity index (χ0v) is 18.2. The van der Waals surface area contributed by atoms with Gasteiger partial charge in [-0.15, -0.1) is 0 Å². The van der Waals surface area contributed by atoms with Crippen LogP contribution in [-0.4, -0.2) is 32.6 Å². The molecular formula is C25H24F2N6. The number of anilines is 1. The van der Waals surface area contributed by atoms with E-state index >= 15 is 0 Å². The van der Waals surface area contributed by atoms with Crippen molar-refractivity contribution >= 4 is 5.95 Å². The molecule has 6 nitrogen and oxygen atoms in total. The average molecular weight is 447 g/mol. The second-order valence-corrected chi connectivity index (χ2v) is 8.29. The van der Waals surface area contributed by atoms with Gasteiger partial charge in [-0.2, -0.15) is 0 Å². The third-order valence-corrected chi connectivity index (χ3v) is 6.12. The summed E-state index contributed by atoms with van der Waals surface area (Å²) in [6, 6.07) is 11.1. The lowest BCUT2D eigenvalue weighted by Crippen LogP contribution is -2.29. The first kappa shape index (κ1) is 21.2. The first-order valence-corrected chi connectivity index (χ1v) is 10.9. The van der Waals surface area contributed by atoms with Gasteiger partial charge in [-0.05, 0) is 80.4 Å². The Kier molecular flexibility index (Phi) is 5.60. The fraction of sp³-hybridized carbons (Fsp3) is 0.240. The van der Waals surface area contributed by atoms with E-state index in [1.165, 1.54) is 24.3 Å². The van der Waals surface area contributed by atoms with Gasteiger partial charge in [0.25, 0.3) is 0 Å². The zero-order valence-electron chi connectivity index (χ0n) is 18.2. The van der Waals surface area contributed by atoms with Crippen LogP contribution in [-0.2, 0) is 0 Å². The Balaban J connectivity index is 1.76. The number of hydrogen-bond acceptors (Lipinski definition) is 5. The van der Waals surface area contributed by atoms with Gasteiger partial charge in [0, 0.05) is 23.4 Å². The molecule has 0 bridgehead atoms. The molecule has 5 rings (SSSR count). The molecule has 2 aromatic heterocycles. The normalized spacial score (nSPS) is 14.5. The van der Waals surface area contributed by atoms with Crippen molar-refractivity contribution in [3.63, 3.8) is 0 Å². The highest BCUT2D eigenvalue weighted by Crippen LogP contribution is 2.40. The van der Waals surface area contributed by atoms with E-state index in [-0.39, 0.29) is 23.6 Å². The number of benzene rings is 2. The summed E-state index contributed by atoms with van der Waals surface area (Å²) in [4.78, 5) is 13.6. The summed E-state index contributed by atoms with van der Waals surface area (Å²) in [7, 11) is 0. The van der Waals surface area contributed by atoms with E-state index in [1.807, 2.05) is 13.3 Å². The van der Waals surface area contributed by atoms with Gasteiger partial charge < -0.3 is 15.6 Å². The molecule has 0 unspecified atom stereocenters. The summed E-state index contributed by atoms with van der Waals surface area (Å²) < 4.78 is 29.6. The number of nitrogens with two attached hydrogens (primary N) is 1. The van der Waals surface area contributed by atoms with E-state index < -0.39 is 0 Å². The van der Waals surface area contributed by atoms with Crippen molar-refractivity contribution in [2.75, 3.05) is 18.8 Å². The molecule has 0 atom stereocenters. The Labute approximate surface area is 190 Å². The lowest BCUT2D eigenvalue weighted by Gasteiger charge is -2.26. The number of halogens is 2. The average Bonchev–Trinajstić information content (AvgIpc) is 3.25. The minimum absolute atomic E-state index is 0.136. The first-order chi connectivity index (χ1) is 16.0. The van der Waals surface area contributed by atoms with E-state index in [4.69, 9.17) is 10.7 Å². The smallest absolute Gasteiger partial charge is 0.220 e. The third kappa shape index (κ3) is 4.09. The quantitative estimate of drug-likeness (QED) is 0.472. The second-order valence-electron chi connectivity index (χ2n) is 8.29. The Morgan fingerprint density at radius 3 is 2.39 bits per heavy atom. The fourth-order valence-corrected chi connectivity index (χ4v) is 4.48. The Morgan fingerprint density at radius 1 is 0.939 bits per heavy atom. The highest BCUT2D eigenvalue weighted by molar-refractivity contribution is 5.87. The van der Waals surface area contributed by atoms with Crippen LogP contribution in [0, 0.1) is 18.6 Å². The number of rotatable bonds is 4. The third-order valence-electron chi connectivity index (χ3n) is 6.12. The maximum absolute atomic E-state index is 13.8. The van der Waals surface area contributed by atoms with Crippen LogP contribution in [0.15, 0.2) is 55.0 Å². The second kappa shape index (κ2) is 8.71. The maximum atomic E-state index is 13.8. The van der Waals surface area contributed by atoms with Gasteiger partial charge >= 0.3 is 0 Å². The van der Waals surface area contributed by atoms with Crippen molar-refractivity contribution in [1.82, 2.24) is 24.8 Å². The largest absolute Gasteiger partial charge is 0.368 e. The number of piperidine rings is 1. The molecule has 2 aromatic carbocycles. The van der Waals surface area contributed by atoms with Gasteiger partial charge in [0.2, 0.25) is 5.95 Å². The molecule has 8 heteroatoms. The van der Waals surface area contributed by atoms with Crippen molar-refractivity contribution < 1.29 is 8.78 Å². The number of aromatic nitrogens is 4. The summed E-state index contributed by atoms with van der Waals surface area (Å²) in [5, 5.41) is 3.39. The van der Waals surface area contributed by atoms with Crippen LogP contribution in [0.25, 0.3) is 33.8 Å². The highest BCUT2D eigenvalue weighted by Gasteiger charge is 2.26. The van der Waals surface area contributed by atoms with E-state index in [1.54, 1.807) is 24.4 Å². The first-order valence-electron chi connectivity index (χ1n) is 10.9. The molecule has 3 heterocycles. The maximum Gasteiger partial charge on any atom is 0.220 e. The Hall–Kier alpha value is -3.65. The molecule has 1 fully saturated rings. The van der Waals surface area contributed by atoms with Crippen LogP contribution in [0.4, 0.5) is 14.7 Å². The molecule has 1 aliphatic heterocycles. The molecular weight excluding hydrogens is 422 g/mol. The number of nitrogens with zero attached hydrogens (tertiary/aromatic N) is 4. The van der Waals surface area contributed by atoms with Crippen LogP contribution in [0.3, 0.4) is 0 Å². The molecule has 3 N–H and O–H groups in total. The van der Waals surface area contributed by atoms with E-state index in [0.29, 0.717) is 11.4 Å². The topological polar surface area (TPSA) is 81.7 Å². The molecule has 0 aliphatic carbocycles. The number of nitrogen functional groups attached to an aromatic ring is 1. The van der Waals surface area contributed by atoms with Crippen LogP contribution in [0.5, 0.6) is 0 Å². The molecule has 0 radical (unpaired) electrons. The van der Waals surface area contributed by atoms with Crippen LogP contribution in [0.1, 0.15) is 24.4 Å². The molecule has 4 aromatic rings. The minimum Gasteiger partial charge on any atom is -0.368 e. The lowest BCUT2D eigenvalue weighted by molar-refractivity contribution is 0.370. The fourth-order valence-electron chi connectivity index (χ4n) is 4.48. The SMILES string of the molecule is Cc1cc(F)ccc1-c1cnc(N)nc1-c1c(-c2ccc(F)cc2)ncn1C1CCNCC1. The Morgan fingerprint density at radius 2 is 1.67 bits per heavy atom. The summed E-state index contributed by atoms with van der Waals surface area (Å²) in [6.45, 7) is 3.66. The molecule has 1 aliphatic rings. The summed E-state index contributed by atoms with van der Waals surface area (Å²) >= 11 is 0. The van der Waals surface area contributed by atoms with Gasteiger partial charge in [0.1, 0.15) is 17.3 Å². The van der Waals surface area contributed by atoms with Crippen molar-refractivity contribution in [3.8, 4) is 33.8 Å². The lowest BCUT2D eigenvalue weighted by atomic mass is 9.96. The predicted octanol–water partition coefficient (Wildman–Crippen LogP) is 4.77. The van der Waals surface area contributed by atoms with Gasteiger partial charge in [-0.1, -0.05) is 6.07 Å². The summed E-state index contributed by atoms with van der Waals surface area (Å²) in [5.41, 5.74) is 11.2. The van der Waals surface area contributed by atoms with Crippen molar-refractivity contribution in [2.24, 2.45) is 0 Å². The van der Waals surface area contributed by atoms with Gasteiger partial charge in [0.15, 0.2) is 0 Å². The molecule has 33 heavy (non-hydrogen) atoms. The highest BCUT2D eigenvalue weighted by atomic mass is 19.1. The number of nitrogens with one attached hydrogen (secondary N) is 1. The zero-order chi connectivity index (χ0) is 22.9. The molecule has 1 saturated heterocycles. The van der Waals surface area contributed by atoms with Crippen molar-refractivity contribution in [3.05, 3.63) is 72.2 Å². The van der Waals surface area contributed by atoms with Gasteiger partial charge in [-0.3, -0.25) is 0 Å². The monoisotopic (exact) mass is 446 g/mol. The number of aryl methyl sites for hydroxylation is 1. The molecule has 0 spiro atoms. The minimum atomic E-state index is -0.313. The van der Waals surface area contributed by atoms with Crippen LogP contribution in [0.2, 0.25) is 0 Å². The van der Waals surface area contributed by atoms with Crippen LogP contribution < -0.4 is 11.1 Å². The van der Waals surface area contributed by atoms with E-state index in [0.717, 1.165) is 53.9 Å². The summed E-state index contributed by atoms with van der Waals surface area (Å²) in [6.07, 6.45) is 5.38. The number of imidazole rings is 1. The summed E-state index contributed by atoms with van der Waals surface area (Å²) in [5.74, 6) is -0.482. The van der Waals surface area contributed by atoms with E-state index in [2.05, 4.69) is 19.9 Å². The standard InChI is InChI=1S/C25H24F2N6/c1-15-12-18(27)6-7-20(15)21-13-30-25(28)32-23(21)24-22(16-2-4-17(26)5-3-16)31-14-33(24)19-8-10-29-11-9-19/h2-7,12-14,19,29H,8-11H2,1H3,(H2,28,30,32). The van der Waals surface area contributed by atoms with Gasteiger partial charge in [0.05, 0.1) is 17.7 Å². The molecule has 0 amide bonds. The van der Waals surface area contributed by atoms with Crippen molar-refractivity contribution in [2.45, 2.75) is 25.8 Å². The predicted molar refractivity (Wildman–Crippen MR) is 124 cm³/mol. The van der Waals surface area contributed by atoms with Gasteiger partial charge in [-0.25, -0.2) is 23.7 Å². The van der Waals surface area contributed by atoms with Crippen molar-refractivity contribution in [1.29, 1.82) is 0 Å². The number of hydrogen-bond donors (Lipinski definition) is 2. The molecule has 0 saturated carbocycles. The van der Waals surface area contributed by atoms with Crippen LogP contribution >= 0.6 is 0 Å². The molecule has 168 valence electrons. The van der Waals surface area contributed by atoms with E-state index in [9.17, 15) is 8.78 Å². The Bertz CT molecular complexity index is 1290.